The van der Waals surface area contributed by atoms with Crippen molar-refractivity contribution in [3.05, 3.63) is 29.3 Å². The number of hydrogen-bond acceptors (Lipinski definition) is 2. The van der Waals surface area contributed by atoms with E-state index in [2.05, 4.69) is 0 Å². The van der Waals surface area contributed by atoms with Crippen LogP contribution in [0.2, 0.25) is 0 Å². The van der Waals surface area contributed by atoms with Crippen molar-refractivity contribution in [2.24, 2.45) is 0 Å². The minimum atomic E-state index is -2.06. The van der Waals surface area contributed by atoms with Gasteiger partial charge in [-0.1, -0.05) is 12.1 Å². The topological polar surface area (TPSA) is 40.5 Å². The molecule has 0 atom stereocenters. The Labute approximate surface area is 101 Å². The van der Waals surface area contributed by atoms with Gasteiger partial charge in [0.05, 0.1) is 0 Å². The number of aryl methyl sites for hydroxylation is 1. The van der Waals surface area contributed by atoms with Crippen molar-refractivity contribution in [1.29, 1.82) is 0 Å². The Morgan fingerprint density at radius 2 is 1.73 bits per heavy atom. The fourth-order valence-electron chi connectivity index (χ4n) is 1.53. The Hall–Kier alpha value is 0.150. The Bertz CT molecular complexity index is 318. The number of alkyl halides is 2. The largest absolute Gasteiger partial charge is 0.347 e. The van der Waals surface area contributed by atoms with Crippen LogP contribution in [0.4, 0.5) is 0 Å². The number of rotatable bonds is 5. The van der Waals surface area contributed by atoms with Gasteiger partial charge < -0.3 is 9.79 Å². The van der Waals surface area contributed by atoms with E-state index in [1.165, 1.54) is 0 Å². The van der Waals surface area contributed by atoms with Gasteiger partial charge in [0.15, 0.2) is 8.38 Å². The van der Waals surface area contributed by atoms with Gasteiger partial charge in [-0.25, -0.2) is 0 Å². The summed E-state index contributed by atoms with van der Waals surface area (Å²) in [5.74, 6) is 0.989. The number of benzene rings is 1. The summed E-state index contributed by atoms with van der Waals surface area (Å²) >= 11 is 11.4. The summed E-state index contributed by atoms with van der Waals surface area (Å²) in [7, 11) is -2.06. The predicted octanol–water partition coefficient (Wildman–Crippen LogP) is 2.17. The zero-order chi connectivity index (χ0) is 11.3. The maximum Gasteiger partial charge on any atom is 0.199 e. The monoisotopic (exact) mass is 266 g/mol. The Kier molecular flexibility index (Phi) is 5.88. The van der Waals surface area contributed by atoms with Crippen LogP contribution in [0.25, 0.3) is 0 Å². The molecule has 0 saturated carbocycles. The quantitative estimate of drug-likeness (QED) is 0.634. The summed E-state index contributed by atoms with van der Waals surface area (Å²) in [6, 6.07) is 5.49. The first kappa shape index (κ1) is 13.2. The molecular formula is C10H13Cl2O2P. The van der Waals surface area contributed by atoms with Crippen molar-refractivity contribution in [3.63, 3.8) is 0 Å². The van der Waals surface area contributed by atoms with Gasteiger partial charge in [-0.3, -0.25) is 0 Å². The minimum absolute atomic E-state index is 0.468. The molecule has 5 heteroatoms. The maximum atomic E-state index is 9.27. The van der Waals surface area contributed by atoms with Crippen LogP contribution < -0.4 is 5.30 Å². The first-order valence-corrected chi connectivity index (χ1v) is 6.93. The SMILES string of the molecule is OP(O)c1cccc(CCCl)c1CCCl. The van der Waals surface area contributed by atoms with E-state index in [1.54, 1.807) is 6.07 Å². The Balaban J connectivity index is 3.09. The highest BCUT2D eigenvalue weighted by molar-refractivity contribution is 7.54. The van der Waals surface area contributed by atoms with E-state index in [-0.39, 0.29) is 0 Å². The molecule has 0 aromatic heterocycles. The van der Waals surface area contributed by atoms with Crippen LogP contribution in [0, 0.1) is 0 Å². The van der Waals surface area contributed by atoms with Gasteiger partial charge in [-0.2, -0.15) is 0 Å². The molecule has 2 nitrogen and oxygen atoms in total. The normalized spacial score (nSPS) is 11.0. The lowest BCUT2D eigenvalue weighted by molar-refractivity contribution is 0.496. The fraction of sp³-hybridized carbons (Fsp3) is 0.400. The summed E-state index contributed by atoms with van der Waals surface area (Å²) in [4.78, 5) is 18.5. The molecule has 0 aliphatic rings. The van der Waals surface area contributed by atoms with Crippen LogP contribution in [0.15, 0.2) is 18.2 Å². The molecule has 0 bridgehead atoms. The Morgan fingerprint density at radius 3 is 2.27 bits per heavy atom. The van der Waals surface area contributed by atoms with Gasteiger partial charge in [0, 0.05) is 17.1 Å². The number of hydrogen-bond donors (Lipinski definition) is 2. The molecule has 0 aliphatic heterocycles. The molecule has 0 saturated heterocycles. The van der Waals surface area contributed by atoms with E-state index in [0.29, 0.717) is 23.5 Å². The van der Waals surface area contributed by atoms with E-state index < -0.39 is 8.38 Å². The zero-order valence-corrected chi connectivity index (χ0v) is 10.6. The molecule has 0 radical (unpaired) electrons. The lowest BCUT2D eigenvalue weighted by Crippen LogP contribution is -2.12. The van der Waals surface area contributed by atoms with Gasteiger partial charge >= 0.3 is 0 Å². The fourth-order valence-corrected chi connectivity index (χ4v) is 2.64. The highest BCUT2D eigenvalue weighted by atomic mass is 35.5. The molecule has 1 aromatic rings. The molecule has 0 aliphatic carbocycles. The highest BCUT2D eigenvalue weighted by Crippen LogP contribution is 2.26. The molecule has 1 aromatic carbocycles. The number of halogens is 2. The summed E-state index contributed by atoms with van der Waals surface area (Å²) < 4.78 is 0. The van der Waals surface area contributed by atoms with E-state index in [0.717, 1.165) is 17.5 Å². The van der Waals surface area contributed by atoms with Gasteiger partial charge in [0.1, 0.15) is 0 Å². The van der Waals surface area contributed by atoms with E-state index >= 15 is 0 Å². The van der Waals surface area contributed by atoms with Crippen LogP contribution in [0.1, 0.15) is 11.1 Å². The molecule has 1 rings (SSSR count). The van der Waals surface area contributed by atoms with Crippen LogP contribution in [0.3, 0.4) is 0 Å². The third-order valence-electron chi connectivity index (χ3n) is 2.17. The van der Waals surface area contributed by atoms with Crippen molar-refractivity contribution in [2.75, 3.05) is 11.8 Å². The van der Waals surface area contributed by atoms with Crippen molar-refractivity contribution < 1.29 is 9.79 Å². The third kappa shape index (κ3) is 3.58. The van der Waals surface area contributed by atoms with Crippen LogP contribution in [-0.4, -0.2) is 21.5 Å². The van der Waals surface area contributed by atoms with Crippen molar-refractivity contribution in [3.8, 4) is 0 Å². The van der Waals surface area contributed by atoms with Crippen molar-refractivity contribution >= 4 is 36.9 Å². The molecule has 0 spiro atoms. The van der Waals surface area contributed by atoms with Gasteiger partial charge in [-0.05, 0) is 30.0 Å². The van der Waals surface area contributed by atoms with Crippen molar-refractivity contribution in [2.45, 2.75) is 12.8 Å². The summed E-state index contributed by atoms with van der Waals surface area (Å²) in [6.07, 6.45) is 1.37. The second-order valence-electron chi connectivity index (χ2n) is 3.08. The first-order chi connectivity index (χ1) is 7.20. The first-order valence-electron chi connectivity index (χ1n) is 4.61. The van der Waals surface area contributed by atoms with Gasteiger partial charge in [-0.15, -0.1) is 23.2 Å². The molecule has 0 unspecified atom stereocenters. The van der Waals surface area contributed by atoms with Crippen LogP contribution in [-0.2, 0) is 12.8 Å². The van der Waals surface area contributed by atoms with Crippen LogP contribution >= 0.6 is 31.6 Å². The van der Waals surface area contributed by atoms with E-state index in [1.807, 2.05) is 12.1 Å². The lowest BCUT2D eigenvalue weighted by Gasteiger charge is -2.13. The minimum Gasteiger partial charge on any atom is -0.347 e. The van der Waals surface area contributed by atoms with Gasteiger partial charge in [0.2, 0.25) is 0 Å². The van der Waals surface area contributed by atoms with E-state index in [4.69, 9.17) is 23.2 Å². The second-order valence-corrected chi connectivity index (χ2v) is 4.90. The standard InChI is InChI=1S/C10H13Cl2O2P/c11-6-4-8-2-1-3-10(15(13)14)9(8)5-7-12/h1-3,13-14H,4-7H2. The maximum absolute atomic E-state index is 9.27. The second kappa shape index (κ2) is 6.67. The molecule has 84 valence electrons. The average molecular weight is 267 g/mol. The molecule has 0 fully saturated rings. The summed E-state index contributed by atoms with van der Waals surface area (Å²) in [5, 5.41) is 0.591. The smallest absolute Gasteiger partial charge is 0.199 e. The zero-order valence-electron chi connectivity index (χ0n) is 8.16. The molecule has 15 heavy (non-hydrogen) atoms. The van der Waals surface area contributed by atoms with Gasteiger partial charge in [0.25, 0.3) is 0 Å². The Morgan fingerprint density at radius 1 is 1.07 bits per heavy atom. The third-order valence-corrected chi connectivity index (χ3v) is 3.40. The van der Waals surface area contributed by atoms with Crippen molar-refractivity contribution in [1.82, 2.24) is 0 Å². The van der Waals surface area contributed by atoms with Crippen LogP contribution in [0.5, 0.6) is 0 Å². The van der Waals surface area contributed by atoms with E-state index in [9.17, 15) is 9.79 Å². The lowest BCUT2D eigenvalue weighted by atomic mass is 10.0. The predicted molar refractivity (Wildman–Crippen MR) is 66.3 cm³/mol. The summed E-state index contributed by atoms with van der Waals surface area (Å²) in [5.41, 5.74) is 1.99. The summed E-state index contributed by atoms with van der Waals surface area (Å²) in [6.45, 7) is 0. The molecule has 0 heterocycles. The highest BCUT2D eigenvalue weighted by Gasteiger charge is 2.13. The molecule has 2 N–H and O–H groups in total. The molecular weight excluding hydrogens is 254 g/mol. The average Bonchev–Trinajstić information content (AvgIpc) is 2.21. The molecule has 0 amide bonds.